The van der Waals surface area contributed by atoms with Crippen LogP contribution in [0.3, 0.4) is 0 Å². The van der Waals surface area contributed by atoms with Gasteiger partial charge in [-0.2, -0.15) is 0 Å². The number of rotatable bonds is 4. The lowest BCUT2D eigenvalue weighted by molar-refractivity contribution is -0.124. The van der Waals surface area contributed by atoms with Gasteiger partial charge in [-0.15, -0.1) is 0 Å². The van der Waals surface area contributed by atoms with Crippen LogP contribution in [0.4, 0.5) is 5.69 Å². The first kappa shape index (κ1) is 16.4. The van der Waals surface area contributed by atoms with Gasteiger partial charge in [-0.3, -0.25) is 9.69 Å². The van der Waals surface area contributed by atoms with Gasteiger partial charge in [0, 0.05) is 25.4 Å². The Hall–Kier alpha value is -1.43. The highest BCUT2D eigenvalue weighted by Gasteiger charge is 2.35. The minimum atomic E-state index is -0.804. The Balaban J connectivity index is 1.61. The second kappa shape index (κ2) is 7.43. The van der Waals surface area contributed by atoms with Gasteiger partial charge in [0.25, 0.3) is 0 Å². The van der Waals surface area contributed by atoms with Crippen molar-refractivity contribution in [2.45, 2.75) is 44.2 Å². The largest absolute Gasteiger partial charge is 0.381 e. The highest BCUT2D eigenvalue weighted by atomic mass is 16.5. The number of piperidine rings is 1. The van der Waals surface area contributed by atoms with E-state index in [9.17, 15) is 4.79 Å². The van der Waals surface area contributed by atoms with Crippen LogP contribution in [0.2, 0.25) is 0 Å². The van der Waals surface area contributed by atoms with Gasteiger partial charge in [0.1, 0.15) is 5.54 Å². The van der Waals surface area contributed by atoms with E-state index in [1.54, 1.807) is 0 Å². The number of amides is 1. The van der Waals surface area contributed by atoms with Crippen LogP contribution < -0.4 is 11.1 Å². The van der Waals surface area contributed by atoms with E-state index >= 15 is 0 Å². The van der Waals surface area contributed by atoms with E-state index in [-0.39, 0.29) is 5.91 Å². The molecule has 2 aliphatic rings. The number of nitrogens with zero attached hydrogens (tertiary/aromatic N) is 1. The molecule has 1 aromatic rings. The van der Waals surface area contributed by atoms with Crippen molar-refractivity contribution in [2.24, 2.45) is 5.73 Å². The van der Waals surface area contributed by atoms with Crippen LogP contribution in [0.25, 0.3) is 0 Å². The molecule has 0 atom stereocenters. The molecule has 0 saturated carbocycles. The van der Waals surface area contributed by atoms with Crippen molar-refractivity contribution in [1.82, 2.24) is 4.90 Å². The molecule has 2 heterocycles. The highest BCUT2D eigenvalue weighted by Crippen LogP contribution is 2.21. The van der Waals surface area contributed by atoms with Crippen LogP contribution in [0.1, 0.15) is 37.7 Å². The fourth-order valence-corrected chi connectivity index (χ4v) is 3.34. The Bertz CT molecular complexity index is 535. The van der Waals surface area contributed by atoms with E-state index in [1.165, 1.54) is 37.9 Å². The van der Waals surface area contributed by atoms with Crippen LogP contribution >= 0.6 is 0 Å². The molecule has 1 aromatic carbocycles. The highest BCUT2D eigenvalue weighted by molar-refractivity contribution is 5.98. The Morgan fingerprint density at radius 2 is 1.96 bits per heavy atom. The molecule has 0 aliphatic carbocycles. The van der Waals surface area contributed by atoms with E-state index < -0.39 is 5.54 Å². The lowest BCUT2D eigenvalue weighted by Crippen LogP contribution is -2.54. The Labute approximate surface area is 138 Å². The molecular weight excluding hydrogens is 290 g/mol. The van der Waals surface area contributed by atoms with Gasteiger partial charge in [0.2, 0.25) is 5.91 Å². The maximum Gasteiger partial charge on any atom is 0.244 e. The van der Waals surface area contributed by atoms with Crippen LogP contribution in [0.5, 0.6) is 0 Å². The molecule has 2 saturated heterocycles. The molecule has 0 spiro atoms. The summed E-state index contributed by atoms with van der Waals surface area (Å²) in [7, 11) is 0. The summed E-state index contributed by atoms with van der Waals surface area (Å²) in [4.78, 5) is 15.0. The first-order chi connectivity index (χ1) is 11.2. The zero-order valence-corrected chi connectivity index (χ0v) is 13.7. The number of carbonyl (C=O) groups excluding carboxylic acids is 1. The molecule has 0 unspecified atom stereocenters. The Morgan fingerprint density at radius 3 is 2.70 bits per heavy atom. The van der Waals surface area contributed by atoms with E-state index in [1.807, 2.05) is 12.1 Å². The molecule has 23 heavy (non-hydrogen) atoms. The average Bonchev–Trinajstić information content (AvgIpc) is 2.57. The number of benzene rings is 1. The van der Waals surface area contributed by atoms with Gasteiger partial charge in [0.05, 0.1) is 0 Å². The molecule has 5 heteroatoms. The second-order valence-electron chi connectivity index (χ2n) is 6.76. The number of hydrogen-bond acceptors (Lipinski definition) is 4. The molecule has 2 aliphatic heterocycles. The van der Waals surface area contributed by atoms with Gasteiger partial charge in [-0.25, -0.2) is 0 Å². The predicted octanol–water partition coefficient (Wildman–Crippen LogP) is 2.12. The van der Waals surface area contributed by atoms with Crippen molar-refractivity contribution >= 4 is 11.6 Å². The third-order valence-corrected chi connectivity index (χ3v) is 4.88. The number of ether oxygens (including phenoxy) is 1. The SMILES string of the molecule is NC1(C(=O)Nc2cccc(CN3CCCCC3)c2)CCOCC1. The van der Waals surface area contributed by atoms with Crippen LogP contribution in [0.15, 0.2) is 24.3 Å². The van der Waals surface area contributed by atoms with Crippen LogP contribution in [-0.2, 0) is 16.1 Å². The molecular formula is C18H27N3O2. The van der Waals surface area contributed by atoms with Gasteiger partial charge in [-0.1, -0.05) is 18.6 Å². The summed E-state index contributed by atoms with van der Waals surface area (Å²) in [6.45, 7) is 4.40. The first-order valence-corrected chi connectivity index (χ1v) is 8.65. The zero-order chi connectivity index (χ0) is 16.1. The van der Waals surface area contributed by atoms with Gasteiger partial charge in [0.15, 0.2) is 0 Å². The van der Waals surface area contributed by atoms with Crippen molar-refractivity contribution in [3.8, 4) is 0 Å². The predicted molar refractivity (Wildman–Crippen MR) is 91.2 cm³/mol. The minimum Gasteiger partial charge on any atom is -0.381 e. The van der Waals surface area contributed by atoms with E-state index in [4.69, 9.17) is 10.5 Å². The van der Waals surface area contributed by atoms with E-state index in [0.717, 1.165) is 12.2 Å². The fourth-order valence-electron chi connectivity index (χ4n) is 3.34. The van der Waals surface area contributed by atoms with Crippen molar-refractivity contribution in [3.63, 3.8) is 0 Å². The van der Waals surface area contributed by atoms with Crippen LogP contribution in [-0.4, -0.2) is 42.6 Å². The van der Waals surface area contributed by atoms with Crippen molar-refractivity contribution in [1.29, 1.82) is 0 Å². The number of anilines is 1. The number of hydrogen-bond donors (Lipinski definition) is 2. The number of nitrogens with one attached hydrogen (secondary N) is 1. The van der Waals surface area contributed by atoms with Gasteiger partial charge in [-0.05, 0) is 56.5 Å². The monoisotopic (exact) mass is 317 g/mol. The molecule has 3 rings (SSSR count). The Kier molecular flexibility index (Phi) is 5.30. The Morgan fingerprint density at radius 1 is 1.22 bits per heavy atom. The number of likely N-dealkylation sites (tertiary alicyclic amines) is 1. The van der Waals surface area contributed by atoms with E-state index in [2.05, 4.69) is 22.3 Å². The lowest BCUT2D eigenvalue weighted by Gasteiger charge is -2.31. The molecule has 5 nitrogen and oxygen atoms in total. The third kappa shape index (κ3) is 4.31. The summed E-state index contributed by atoms with van der Waals surface area (Å²) < 4.78 is 5.30. The summed E-state index contributed by atoms with van der Waals surface area (Å²) in [5.74, 6) is -0.101. The maximum absolute atomic E-state index is 12.5. The molecule has 0 bridgehead atoms. The summed E-state index contributed by atoms with van der Waals surface area (Å²) in [6.07, 6.45) is 5.07. The van der Waals surface area contributed by atoms with E-state index in [0.29, 0.717) is 26.1 Å². The minimum absolute atomic E-state index is 0.101. The number of nitrogens with two attached hydrogens (primary N) is 1. The average molecular weight is 317 g/mol. The normalized spacial score (nSPS) is 21.8. The molecule has 0 radical (unpaired) electrons. The first-order valence-electron chi connectivity index (χ1n) is 8.65. The van der Waals surface area contributed by atoms with Crippen molar-refractivity contribution < 1.29 is 9.53 Å². The summed E-state index contributed by atoms with van der Waals surface area (Å²) >= 11 is 0. The van der Waals surface area contributed by atoms with Crippen molar-refractivity contribution in [3.05, 3.63) is 29.8 Å². The summed E-state index contributed by atoms with van der Waals surface area (Å²) in [6, 6.07) is 8.12. The molecule has 0 aromatic heterocycles. The summed E-state index contributed by atoms with van der Waals surface area (Å²) in [5, 5.41) is 2.99. The van der Waals surface area contributed by atoms with Gasteiger partial charge < -0.3 is 15.8 Å². The van der Waals surface area contributed by atoms with Gasteiger partial charge >= 0.3 is 0 Å². The topological polar surface area (TPSA) is 67.6 Å². The third-order valence-electron chi connectivity index (χ3n) is 4.88. The smallest absolute Gasteiger partial charge is 0.244 e. The van der Waals surface area contributed by atoms with Crippen molar-refractivity contribution in [2.75, 3.05) is 31.6 Å². The molecule has 126 valence electrons. The molecule has 2 fully saturated rings. The second-order valence-corrected chi connectivity index (χ2v) is 6.76. The quantitative estimate of drug-likeness (QED) is 0.892. The summed E-state index contributed by atoms with van der Waals surface area (Å²) in [5.41, 5.74) is 7.51. The zero-order valence-electron chi connectivity index (χ0n) is 13.7. The molecule has 3 N–H and O–H groups in total. The standard InChI is InChI=1S/C18H27N3O2/c19-18(7-11-23-12-8-18)17(22)20-16-6-4-5-15(13-16)14-21-9-2-1-3-10-21/h4-6,13H,1-3,7-12,14,19H2,(H,20,22). The number of carbonyl (C=O) groups is 1. The fraction of sp³-hybridized carbons (Fsp3) is 0.611. The maximum atomic E-state index is 12.5. The van der Waals surface area contributed by atoms with Crippen LogP contribution in [0, 0.1) is 0 Å². The lowest BCUT2D eigenvalue weighted by atomic mass is 9.90. The molecule has 1 amide bonds.